The lowest BCUT2D eigenvalue weighted by Gasteiger charge is -2.24. The zero-order valence-corrected chi connectivity index (χ0v) is 11.8. The van der Waals surface area contributed by atoms with Crippen molar-refractivity contribution in [2.45, 2.75) is 19.3 Å². The van der Waals surface area contributed by atoms with E-state index in [-0.39, 0.29) is 0 Å². The molecule has 0 bridgehead atoms. The molecular weight excluding hydrogens is 268 g/mol. The maximum Gasteiger partial charge on any atom is 0.266 e. The van der Waals surface area contributed by atoms with Gasteiger partial charge in [0, 0.05) is 19.6 Å². The Balaban J connectivity index is 1.66. The van der Waals surface area contributed by atoms with Crippen molar-refractivity contribution < 1.29 is 9.26 Å². The Labute approximate surface area is 123 Å². The van der Waals surface area contributed by atoms with Gasteiger partial charge < -0.3 is 19.5 Å². The molecule has 2 aliphatic rings. The largest absolute Gasteiger partial charge is 0.489 e. The molecule has 0 spiro atoms. The molecule has 21 heavy (non-hydrogen) atoms. The molecule has 6 heteroatoms. The fraction of sp³-hybridized carbons (Fsp3) is 0.467. The Bertz CT molecular complexity index is 634. The number of ether oxygens (including phenoxy) is 1. The molecule has 1 saturated heterocycles. The van der Waals surface area contributed by atoms with Crippen molar-refractivity contribution in [2.75, 3.05) is 36.5 Å². The molecule has 4 rings (SSSR count). The predicted octanol–water partition coefficient (Wildman–Crippen LogP) is 2.53. The molecule has 0 amide bonds. The molecule has 0 unspecified atom stereocenters. The summed E-state index contributed by atoms with van der Waals surface area (Å²) in [5, 5.41) is 7.45. The van der Waals surface area contributed by atoms with Crippen LogP contribution in [0.4, 0.5) is 11.6 Å². The lowest BCUT2D eigenvalue weighted by Crippen LogP contribution is -2.30. The molecule has 2 aromatic rings. The van der Waals surface area contributed by atoms with Gasteiger partial charge in [-0.2, -0.15) is 4.98 Å². The van der Waals surface area contributed by atoms with E-state index in [1.54, 1.807) is 0 Å². The highest BCUT2D eigenvalue weighted by Crippen LogP contribution is 2.37. The molecule has 0 aliphatic carbocycles. The molecule has 6 nitrogen and oxygen atoms in total. The van der Waals surface area contributed by atoms with E-state index < -0.39 is 0 Å². The van der Waals surface area contributed by atoms with Crippen molar-refractivity contribution in [3.63, 3.8) is 0 Å². The standard InChI is InChI=1S/C15H18N4O2/c1-2-8-19(9-3-1)15-17-14(21-18-15)11-5-4-6-12-13(11)20-10-7-16-12/h4-6,16H,1-3,7-10H2. The van der Waals surface area contributed by atoms with Gasteiger partial charge in [0.05, 0.1) is 11.3 Å². The minimum atomic E-state index is 0.524. The molecular formula is C15H18N4O2. The van der Waals surface area contributed by atoms with Crippen LogP contribution in [0.25, 0.3) is 11.5 Å². The van der Waals surface area contributed by atoms with Gasteiger partial charge in [0.25, 0.3) is 11.8 Å². The molecule has 0 atom stereocenters. The number of fused-ring (bicyclic) bond motifs is 1. The maximum absolute atomic E-state index is 5.76. The van der Waals surface area contributed by atoms with E-state index in [1.165, 1.54) is 19.3 Å². The predicted molar refractivity (Wildman–Crippen MR) is 79.8 cm³/mol. The Kier molecular flexibility index (Phi) is 3.14. The number of para-hydroxylation sites is 1. The number of anilines is 2. The van der Waals surface area contributed by atoms with Crippen molar-refractivity contribution in [1.29, 1.82) is 0 Å². The normalized spacial score (nSPS) is 17.8. The first-order valence-corrected chi connectivity index (χ1v) is 7.50. The molecule has 1 aromatic heterocycles. The smallest absolute Gasteiger partial charge is 0.266 e. The monoisotopic (exact) mass is 286 g/mol. The molecule has 0 radical (unpaired) electrons. The molecule has 1 aromatic carbocycles. The van der Waals surface area contributed by atoms with E-state index in [0.717, 1.165) is 36.6 Å². The quantitative estimate of drug-likeness (QED) is 0.915. The summed E-state index contributed by atoms with van der Waals surface area (Å²) in [4.78, 5) is 6.74. The van der Waals surface area contributed by atoms with Gasteiger partial charge in [-0.15, -0.1) is 0 Å². The summed E-state index contributed by atoms with van der Waals surface area (Å²) < 4.78 is 11.2. The Hall–Kier alpha value is -2.24. The minimum Gasteiger partial charge on any atom is -0.489 e. The van der Waals surface area contributed by atoms with Crippen LogP contribution < -0.4 is 15.0 Å². The first-order valence-electron chi connectivity index (χ1n) is 7.50. The summed E-state index contributed by atoms with van der Waals surface area (Å²) >= 11 is 0. The van der Waals surface area contributed by atoms with Crippen LogP contribution in [-0.2, 0) is 0 Å². The topological polar surface area (TPSA) is 63.4 Å². The second kappa shape index (κ2) is 5.27. The van der Waals surface area contributed by atoms with E-state index in [2.05, 4.69) is 20.4 Å². The van der Waals surface area contributed by atoms with Crippen LogP contribution in [0, 0.1) is 0 Å². The molecule has 1 N–H and O–H groups in total. The summed E-state index contributed by atoms with van der Waals surface area (Å²) in [6, 6.07) is 5.93. The first-order chi connectivity index (χ1) is 10.4. The van der Waals surface area contributed by atoms with Gasteiger partial charge in [0.15, 0.2) is 5.75 Å². The van der Waals surface area contributed by atoms with Gasteiger partial charge in [-0.1, -0.05) is 6.07 Å². The Morgan fingerprint density at radius 2 is 2.05 bits per heavy atom. The van der Waals surface area contributed by atoms with Crippen LogP contribution in [0.5, 0.6) is 5.75 Å². The van der Waals surface area contributed by atoms with E-state index in [0.29, 0.717) is 18.4 Å². The maximum atomic E-state index is 5.76. The van der Waals surface area contributed by atoms with Gasteiger partial charge in [-0.05, 0) is 36.6 Å². The second-order valence-corrected chi connectivity index (χ2v) is 5.40. The summed E-state index contributed by atoms with van der Waals surface area (Å²) in [6.45, 7) is 3.48. The van der Waals surface area contributed by atoms with Crippen LogP contribution in [0.2, 0.25) is 0 Å². The third-order valence-electron chi connectivity index (χ3n) is 3.96. The average Bonchev–Trinajstić information content (AvgIpc) is 3.05. The zero-order chi connectivity index (χ0) is 14.1. The molecule has 0 saturated carbocycles. The average molecular weight is 286 g/mol. The number of rotatable bonds is 2. The van der Waals surface area contributed by atoms with Gasteiger partial charge in [0.2, 0.25) is 0 Å². The van der Waals surface area contributed by atoms with Crippen molar-refractivity contribution in [1.82, 2.24) is 10.1 Å². The zero-order valence-electron chi connectivity index (χ0n) is 11.8. The van der Waals surface area contributed by atoms with Crippen LogP contribution >= 0.6 is 0 Å². The molecule has 3 heterocycles. The van der Waals surface area contributed by atoms with Crippen molar-refractivity contribution in [2.24, 2.45) is 0 Å². The third kappa shape index (κ3) is 2.30. The number of nitrogens with zero attached hydrogens (tertiary/aromatic N) is 3. The summed E-state index contributed by atoms with van der Waals surface area (Å²) in [6.07, 6.45) is 3.67. The number of aromatic nitrogens is 2. The second-order valence-electron chi connectivity index (χ2n) is 5.40. The van der Waals surface area contributed by atoms with Gasteiger partial charge >= 0.3 is 0 Å². The van der Waals surface area contributed by atoms with Crippen LogP contribution in [0.3, 0.4) is 0 Å². The number of nitrogens with one attached hydrogen (secondary N) is 1. The van der Waals surface area contributed by atoms with Crippen molar-refractivity contribution in [3.8, 4) is 17.2 Å². The number of hydrogen-bond acceptors (Lipinski definition) is 6. The van der Waals surface area contributed by atoms with E-state index in [9.17, 15) is 0 Å². The van der Waals surface area contributed by atoms with Crippen LogP contribution in [0.1, 0.15) is 19.3 Å². The van der Waals surface area contributed by atoms with Crippen LogP contribution in [0.15, 0.2) is 22.7 Å². The number of hydrogen-bond donors (Lipinski definition) is 1. The lowest BCUT2D eigenvalue weighted by atomic mass is 10.1. The van der Waals surface area contributed by atoms with E-state index >= 15 is 0 Å². The molecule has 2 aliphatic heterocycles. The summed E-state index contributed by atoms with van der Waals surface area (Å²) in [5.41, 5.74) is 1.84. The number of piperidine rings is 1. The Morgan fingerprint density at radius 1 is 1.14 bits per heavy atom. The van der Waals surface area contributed by atoms with Crippen LogP contribution in [-0.4, -0.2) is 36.4 Å². The van der Waals surface area contributed by atoms with Gasteiger partial charge in [0.1, 0.15) is 6.61 Å². The fourth-order valence-electron chi connectivity index (χ4n) is 2.89. The highest BCUT2D eigenvalue weighted by atomic mass is 16.5. The highest BCUT2D eigenvalue weighted by Gasteiger charge is 2.22. The van der Waals surface area contributed by atoms with Crippen molar-refractivity contribution >= 4 is 11.6 Å². The van der Waals surface area contributed by atoms with Gasteiger partial charge in [-0.25, -0.2) is 0 Å². The third-order valence-corrected chi connectivity index (χ3v) is 3.96. The Morgan fingerprint density at radius 3 is 2.95 bits per heavy atom. The first kappa shape index (κ1) is 12.5. The minimum absolute atomic E-state index is 0.524. The highest BCUT2D eigenvalue weighted by molar-refractivity contribution is 5.74. The summed E-state index contributed by atoms with van der Waals surface area (Å²) in [7, 11) is 0. The SMILES string of the molecule is c1cc2c(c(-c3nc(N4CCCCC4)no3)c1)OCCN2. The fourth-order valence-corrected chi connectivity index (χ4v) is 2.89. The van der Waals surface area contributed by atoms with Gasteiger partial charge in [-0.3, -0.25) is 0 Å². The van der Waals surface area contributed by atoms with E-state index in [1.807, 2.05) is 18.2 Å². The summed E-state index contributed by atoms with van der Waals surface area (Å²) in [5.74, 6) is 2.01. The molecule has 1 fully saturated rings. The molecule has 110 valence electrons. The van der Waals surface area contributed by atoms with Crippen molar-refractivity contribution in [3.05, 3.63) is 18.2 Å². The lowest BCUT2D eigenvalue weighted by molar-refractivity contribution is 0.322. The van der Waals surface area contributed by atoms with E-state index in [4.69, 9.17) is 9.26 Å². The number of benzene rings is 1.